The first-order chi connectivity index (χ1) is 7.83. The summed E-state index contributed by atoms with van der Waals surface area (Å²) in [6.45, 7) is 0. The minimum absolute atomic E-state index is 0.251. The highest BCUT2D eigenvalue weighted by molar-refractivity contribution is 6.10. The van der Waals surface area contributed by atoms with Crippen molar-refractivity contribution in [1.82, 2.24) is 4.98 Å². The Morgan fingerprint density at radius 1 is 1.12 bits per heavy atom. The summed E-state index contributed by atoms with van der Waals surface area (Å²) >= 11 is 0. The van der Waals surface area contributed by atoms with E-state index in [4.69, 9.17) is 5.41 Å². The molecular formula is C13H10N2O. The monoisotopic (exact) mass is 210 g/mol. The fourth-order valence-electron chi connectivity index (χ4n) is 2.14. The Morgan fingerprint density at radius 2 is 1.88 bits per heavy atom. The van der Waals surface area contributed by atoms with Crippen LogP contribution in [0.2, 0.25) is 0 Å². The molecule has 0 saturated carbocycles. The molecule has 3 N–H and O–H groups in total. The quantitative estimate of drug-likeness (QED) is 0.531. The van der Waals surface area contributed by atoms with Gasteiger partial charge >= 0.3 is 0 Å². The minimum atomic E-state index is 0.251. The van der Waals surface area contributed by atoms with Gasteiger partial charge < -0.3 is 15.5 Å². The van der Waals surface area contributed by atoms with Crippen LogP contribution in [0.15, 0.2) is 36.5 Å². The molecule has 0 bridgehead atoms. The molecule has 1 aliphatic carbocycles. The molecule has 0 spiro atoms. The molecule has 3 nitrogen and oxygen atoms in total. The Bertz CT molecular complexity index is 654. The molecule has 1 heterocycles. The van der Waals surface area contributed by atoms with E-state index in [-0.39, 0.29) is 5.75 Å². The van der Waals surface area contributed by atoms with Gasteiger partial charge in [-0.25, -0.2) is 0 Å². The average molecular weight is 210 g/mol. The number of benzene rings is 1. The number of aromatic nitrogens is 1. The number of fused-ring (bicyclic) bond motifs is 3. The molecule has 1 aromatic carbocycles. The van der Waals surface area contributed by atoms with Gasteiger partial charge in [-0.3, -0.25) is 0 Å². The van der Waals surface area contributed by atoms with Gasteiger partial charge in [-0.2, -0.15) is 0 Å². The number of aromatic hydroxyl groups is 1. The Labute approximate surface area is 92.2 Å². The number of H-pyrrole nitrogens is 1. The lowest BCUT2D eigenvalue weighted by Gasteiger charge is -2.03. The fourth-order valence-corrected chi connectivity index (χ4v) is 2.14. The van der Waals surface area contributed by atoms with Crippen LogP contribution in [0.1, 0.15) is 5.56 Å². The summed E-state index contributed by atoms with van der Waals surface area (Å²) in [4.78, 5) is 3.13. The van der Waals surface area contributed by atoms with Crippen LogP contribution in [-0.2, 0) is 0 Å². The van der Waals surface area contributed by atoms with Crippen molar-refractivity contribution in [1.29, 1.82) is 5.41 Å². The van der Waals surface area contributed by atoms with Crippen LogP contribution >= 0.6 is 0 Å². The third-order valence-corrected chi connectivity index (χ3v) is 2.87. The summed E-state index contributed by atoms with van der Waals surface area (Å²) in [5.41, 5.74) is 2.33. The number of aromatic amines is 1. The maximum Gasteiger partial charge on any atom is 0.133 e. The summed E-state index contributed by atoms with van der Waals surface area (Å²) in [6.07, 6.45) is 3.04. The van der Waals surface area contributed by atoms with E-state index in [1.807, 2.05) is 24.3 Å². The lowest BCUT2D eigenvalue weighted by atomic mass is 10.1. The second-order valence-electron chi connectivity index (χ2n) is 3.72. The van der Waals surface area contributed by atoms with E-state index in [9.17, 15) is 5.11 Å². The topological polar surface area (TPSA) is 59.9 Å². The van der Waals surface area contributed by atoms with Gasteiger partial charge in [-0.15, -0.1) is 0 Å². The van der Waals surface area contributed by atoms with E-state index in [0.717, 1.165) is 27.6 Å². The van der Waals surface area contributed by atoms with Gasteiger partial charge in [0.2, 0.25) is 0 Å². The molecule has 0 saturated heterocycles. The number of hydrogen-bond acceptors (Lipinski definition) is 2. The van der Waals surface area contributed by atoms with Crippen molar-refractivity contribution < 1.29 is 5.11 Å². The Morgan fingerprint density at radius 3 is 2.62 bits per heavy atom. The van der Waals surface area contributed by atoms with Crippen molar-refractivity contribution in [2.24, 2.45) is 0 Å². The average Bonchev–Trinajstić information content (AvgIpc) is 2.64. The maximum atomic E-state index is 10.1. The standard InChI is InChI=1S/C13H10N2O/c14-7-8-5-6-15-12-9-3-1-2-4-10(9)13(16)11(8)12/h1-7,14-16H. The van der Waals surface area contributed by atoms with Crippen LogP contribution < -0.4 is 0 Å². The summed E-state index contributed by atoms with van der Waals surface area (Å²) in [5, 5.41) is 19.3. The molecule has 0 unspecified atom stereocenters. The Kier molecular flexibility index (Phi) is 1.74. The zero-order valence-electron chi connectivity index (χ0n) is 8.49. The third kappa shape index (κ3) is 0.997. The fraction of sp³-hybridized carbons (Fsp3) is 0. The van der Waals surface area contributed by atoms with Crippen LogP contribution in [0, 0.1) is 5.41 Å². The first-order valence-electron chi connectivity index (χ1n) is 5.04. The molecule has 16 heavy (non-hydrogen) atoms. The van der Waals surface area contributed by atoms with Crippen molar-refractivity contribution >= 4 is 17.0 Å². The molecule has 2 aliphatic rings. The SMILES string of the molecule is N=Cc1cc[nH]c2c3ccccc3c(O)c1-2. The summed E-state index contributed by atoms with van der Waals surface area (Å²) in [6, 6.07) is 9.46. The normalized spacial score (nSPS) is 11.0. The van der Waals surface area contributed by atoms with Crippen molar-refractivity contribution in [2.75, 3.05) is 0 Å². The van der Waals surface area contributed by atoms with Gasteiger partial charge in [-0.1, -0.05) is 24.3 Å². The van der Waals surface area contributed by atoms with Crippen LogP contribution in [-0.4, -0.2) is 16.3 Å². The van der Waals surface area contributed by atoms with Gasteiger partial charge in [0.05, 0.1) is 5.69 Å². The highest BCUT2D eigenvalue weighted by Crippen LogP contribution is 2.43. The number of hydrogen-bond donors (Lipinski definition) is 3. The summed E-state index contributed by atoms with van der Waals surface area (Å²) in [7, 11) is 0. The van der Waals surface area contributed by atoms with Crippen LogP contribution in [0.25, 0.3) is 22.0 Å². The molecule has 0 atom stereocenters. The molecule has 78 valence electrons. The molecule has 1 aromatic rings. The Hall–Kier alpha value is -2.29. The molecule has 0 aromatic heterocycles. The van der Waals surface area contributed by atoms with Gasteiger partial charge in [-0.05, 0) is 6.07 Å². The van der Waals surface area contributed by atoms with Crippen molar-refractivity contribution in [3.63, 3.8) is 0 Å². The van der Waals surface area contributed by atoms with E-state index in [0.29, 0.717) is 0 Å². The first kappa shape index (κ1) is 8.97. The summed E-state index contributed by atoms with van der Waals surface area (Å²) in [5.74, 6) is 0.251. The van der Waals surface area contributed by atoms with Crippen molar-refractivity contribution in [3.8, 4) is 17.0 Å². The van der Waals surface area contributed by atoms with E-state index >= 15 is 0 Å². The molecule has 0 amide bonds. The predicted molar refractivity (Wildman–Crippen MR) is 64.5 cm³/mol. The molecular weight excluding hydrogens is 200 g/mol. The highest BCUT2D eigenvalue weighted by Gasteiger charge is 2.19. The zero-order valence-corrected chi connectivity index (χ0v) is 8.49. The van der Waals surface area contributed by atoms with E-state index in [1.54, 1.807) is 12.3 Å². The van der Waals surface area contributed by atoms with Crippen LogP contribution in [0.3, 0.4) is 0 Å². The molecule has 3 rings (SSSR count). The minimum Gasteiger partial charge on any atom is -0.507 e. The van der Waals surface area contributed by atoms with E-state index in [1.165, 1.54) is 6.21 Å². The zero-order chi connectivity index (χ0) is 11.1. The lowest BCUT2D eigenvalue weighted by molar-refractivity contribution is 0.484. The van der Waals surface area contributed by atoms with E-state index in [2.05, 4.69) is 4.98 Å². The lowest BCUT2D eigenvalue weighted by Crippen LogP contribution is -1.88. The second-order valence-corrected chi connectivity index (χ2v) is 3.72. The largest absolute Gasteiger partial charge is 0.507 e. The molecule has 1 aliphatic heterocycles. The van der Waals surface area contributed by atoms with Gasteiger partial charge in [0.15, 0.2) is 0 Å². The van der Waals surface area contributed by atoms with Crippen LogP contribution in [0.5, 0.6) is 5.75 Å². The smallest absolute Gasteiger partial charge is 0.133 e. The molecule has 0 radical (unpaired) electrons. The first-order valence-corrected chi connectivity index (χ1v) is 5.04. The second kappa shape index (κ2) is 3.10. The predicted octanol–water partition coefficient (Wildman–Crippen LogP) is 2.98. The number of pyridine rings is 1. The van der Waals surface area contributed by atoms with E-state index < -0.39 is 0 Å². The molecule has 0 fully saturated rings. The maximum absolute atomic E-state index is 10.1. The van der Waals surface area contributed by atoms with Crippen molar-refractivity contribution in [3.05, 3.63) is 42.1 Å². The molecule has 3 heteroatoms. The highest BCUT2D eigenvalue weighted by atomic mass is 16.3. The van der Waals surface area contributed by atoms with Crippen molar-refractivity contribution in [2.45, 2.75) is 0 Å². The summed E-state index contributed by atoms with van der Waals surface area (Å²) < 4.78 is 0. The Balaban J connectivity index is 2.57. The number of nitrogens with one attached hydrogen (secondary N) is 2. The van der Waals surface area contributed by atoms with Gasteiger partial charge in [0.25, 0.3) is 0 Å². The van der Waals surface area contributed by atoms with Gasteiger partial charge in [0, 0.05) is 34.3 Å². The van der Waals surface area contributed by atoms with Gasteiger partial charge in [0.1, 0.15) is 5.75 Å². The van der Waals surface area contributed by atoms with Crippen LogP contribution in [0.4, 0.5) is 0 Å². The number of rotatable bonds is 1. The third-order valence-electron chi connectivity index (χ3n) is 2.87.